The SMILES string of the molecule is CCNC(=O)[C@H](C)NC(=O)c1cccc2cn[nH]c12. The average molecular weight is 260 g/mol. The molecule has 0 aliphatic heterocycles. The third-order valence-electron chi connectivity index (χ3n) is 2.81. The summed E-state index contributed by atoms with van der Waals surface area (Å²) in [7, 11) is 0. The maximum atomic E-state index is 12.1. The largest absolute Gasteiger partial charge is 0.355 e. The van der Waals surface area contributed by atoms with E-state index in [-0.39, 0.29) is 11.8 Å². The van der Waals surface area contributed by atoms with Gasteiger partial charge in [0, 0.05) is 11.9 Å². The van der Waals surface area contributed by atoms with Crippen LogP contribution in [0.2, 0.25) is 0 Å². The van der Waals surface area contributed by atoms with Crippen molar-refractivity contribution < 1.29 is 9.59 Å². The van der Waals surface area contributed by atoms with Crippen molar-refractivity contribution >= 4 is 22.7 Å². The molecule has 0 unspecified atom stereocenters. The van der Waals surface area contributed by atoms with E-state index >= 15 is 0 Å². The summed E-state index contributed by atoms with van der Waals surface area (Å²) in [6, 6.07) is 4.76. The molecule has 0 aliphatic carbocycles. The molecular weight excluding hydrogens is 244 g/mol. The summed E-state index contributed by atoms with van der Waals surface area (Å²) in [5, 5.41) is 12.9. The Hall–Kier alpha value is -2.37. The highest BCUT2D eigenvalue weighted by atomic mass is 16.2. The van der Waals surface area contributed by atoms with Crippen molar-refractivity contribution in [3.05, 3.63) is 30.0 Å². The van der Waals surface area contributed by atoms with Gasteiger partial charge in [-0.25, -0.2) is 0 Å². The molecule has 0 spiro atoms. The van der Waals surface area contributed by atoms with Gasteiger partial charge in [0.15, 0.2) is 0 Å². The number of fused-ring (bicyclic) bond motifs is 1. The molecule has 0 fully saturated rings. The summed E-state index contributed by atoms with van der Waals surface area (Å²) in [6.07, 6.45) is 1.65. The van der Waals surface area contributed by atoms with E-state index in [1.807, 2.05) is 13.0 Å². The van der Waals surface area contributed by atoms with Crippen LogP contribution in [0.5, 0.6) is 0 Å². The third-order valence-corrected chi connectivity index (χ3v) is 2.81. The van der Waals surface area contributed by atoms with E-state index in [1.165, 1.54) is 0 Å². The minimum absolute atomic E-state index is 0.201. The first-order valence-electron chi connectivity index (χ1n) is 6.14. The molecule has 0 saturated heterocycles. The van der Waals surface area contributed by atoms with E-state index in [0.717, 1.165) is 5.39 Å². The lowest BCUT2D eigenvalue weighted by Gasteiger charge is -2.13. The van der Waals surface area contributed by atoms with Crippen molar-refractivity contribution in [3.63, 3.8) is 0 Å². The molecule has 2 amide bonds. The number of hydrogen-bond donors (Lipinski definition) is 3. The number of H-pyrrole nitrogens is 1. The fourth-order valence-electron chi connectivity index (χ4n) is 1.83. The first-order valence-corrected chi connectivity index (χ1v) is 6.14. The zero-order valence-electron chi connectivity index (χ0n) is 10.9. The van der Waals surface area contributed by atoms with Gasteiger partial charge in [0.05, 0.1) is 17.3 Å². The van der Waals surface area contributed by atoms with Gasteiger partial charge in [-0.2, -0.15) is 5.10 Å². The van der Waals surface area contributed by atoms with E-state index in [0.29, 0.717) is 17.6 Å². The van der Waals surface area contributed by atoms with E-state index in [9.17, 15) is 9.59 Å². The second kappa shape index (κ2) is 5.51. The van der Waals surface area contributed by atoms with Crippen molar-refractivity contribution in [1.82, 2.24) is 20.8 Å². The van der Waals surface area contributed by atoms with Gasteiger partial charge in [-0.3, -0.25) is 14.7 Å². The smallest absolute Gasteiger partial charge is 0.254 e. The average Bonchev–Trinajstić information content (AvgIpc) is 2.86. The second-order valence-corrected chi connectivity index (χ2v) is 4.23. The normalized spacial score (nSPS) is 12.1. The zero-order chi connectivity index (χ0) is 13.8. The Bertz CT molecular complexity index is 605. The van der Waals surface area contributed by atoms with Crippen LogP contribution in [0.1, 0.15) is 24.2 Å². The molecule has 0 saturated carbocycles. The van der Waals surface area contributed by atoms with Crippen molar-refractivity contribution in [2.75, 3.05) is 6.54 Å². The molecule has 0 aliphatic rings. The third kappa shape index (κ3) is 2.73. The van der Waals surface area contributed by atoms with E-state index < -0.39 is 6.04 Å². The van der Waals surface area contributed by atoms with Crippen LogP contribution in [-0.4, -0.2) is 34.6 Å². The summed E-state index contributed by atoms with van der Waals surface area (Å²) < 4.78 is 0. The molecule has 19 heavy (non-hydrogen) atoms. The Kier molecular flexibility index (Phi) is 3.79. The number of para-hydroxylation sites is 1. The Morgan fingerprint density at radius 3 is 2.95 bits per heavy atom. The van der Waals surface area contributed by atoms with Gasteiger partial charge in [-0.1, -0.05) is 12.1 Å². The maximum Gasteiger partial charge on any atom is 0.254 e. The number of carbonyl (C=O) groups excluding carboxylic acids is 2. The maximum absolute atomic E-state index is 12.1. The molecule has 2 rings (SSSR count). The van der Waals surface area contributed by atoms with Crippen LogP contribution in [0.4, 0.5) is 0 Å². The van der Waals surface area contributed by atoms with Crippen molar-refractivity contribution in [3.8, 4) is 0 Å². The summed E-state index contributed by atoms with van der Waals surface area (Å²) >= 11 is 0. The van der Waals surface area contributed by atoms with Crippen molar-refractivity contribution in [2.45, 2.75) is 19.9 Å². The Morgan fingerprint density at radius 1 is 1.42 bits per heavy atom. The Morgan fingerprint density at radius 2 is 2.21 bits per heavy atom. The van der Waals surface area contributed by atoms with Crippen LogP contribution in [0.15, 0.2) is 24.4 Å². The Balaban J connectivity index is 2.16. The highest BCUT2D eigenvalue weighted by molar-refractivity contribution is 6.06. The van der Waals surface area contributed by atoms with E-state index in [1.54, 1.807) is 25.3 Å². The zero-order valence-corrected chi connectivity index (χ0v) is 10.9. The number of rotatable bonds is 4. The number of benzene rings is 1. The van der Waals surface area contributed by atoms with Crippen LogP contribution < -0.4 is 10.6 Å². The number of amides is 2. The van der Waals surface area contributed by atoms with Crippen molar-refractivity contribution in [1.29, 1.82) is 0 Å². The molecular formula is C13H16N4O2. The predicted molar refractivity (Wildman–Crippen MR) is 71.7 cm³/mol. The molecule has 3 N–H and O–H groups in total. The van der Waals surface area contributed by atoms with E-state index in [4.69, 9.17) is 0 Å². The number of carbonyl (C=O) groups is 2. The minimum atomic E-state index is -0.578. The Labute approximate surface area is 110 Å². The first-order chi connectivity index (χ1) is 9.13. The van der Waals surface area contributed by atoms with Crippen LogP contribution >= 0.6 is 0 Å². The molecule has 6 nitrogen and oxygen atoms in total. The van der Waals surface area contributed by atoms with Gasteiger partial charge in [0.1, 0.15) is 6.04 Å². The van der Waals surface area contributed by atoms with Gasteiger partial charge < -0.3 is 10.6 Å². The molecule has 1 heterocycles. The van der Waals surface area contributed by atoms with Gasteiger partial charge in [0.2, 0.25) is 5.91 Å². The number of nitrogens with zero attached hydrogens (tertiary/aromatic N) is 1. The lowest BCUT2D eigenvalue weighted by molar-refractivity contribution is -0.122. The monoisotopic (exact) mass is 260 g/mol. The van der Waals surface area contributed by atoms with Crippen molar-refractivity contribution in [2.24, 2.45) is 0 Å². The van der Waals surface area contributed by atoms with E-state index in [2.05, 4.69) is 20.8 Å². The number of likely N-dealkylation sites (N-methyl/N-ethyl adjacent to an activating group) is 1. The number of nitrogens with one attached hydrogen (secondary N) is 3. The van der Waals surface area contributed by atoms with Gasteiger partial charge in [-0.05, 0) is 19.9 Å². The number of hydrogen-bond acceptors (Lipinski definition) is 3. The molecule has 1 aromatic carbocycles. The summed E-state index contributed by atoms with van der Waals surface area (Å²) in [6.45, 7) is 4.02. The number of aromatic amines is 1. The molecule has 0 bridgehead atoms. The van der Waals surface area contributed by atoms with Gasteiger partial charge in [0.25, 0.3) is 5.91 Å². The molecule has 6 heteroatoms. The van der Waals surface area contributed by atoms with Crippen LogP contribution in [0.3, 0.4) is 0 Å². The summed E-state index contributed by atoms with van der Waals surface area (Å²) in [5.74, 6) is -0.499. The molecule has 2 aromatic rings. The molecule has 1 atom stereocenters. The second-order valence-electron chi connectivity index (χ2n) is 4.23. The number of aromatic nitrogens is 2. The van der Waals surface area contributed by atoms with Crippen LogP contribution in [0.25, 0.3) is 10.9 Å². The lowest BCUT2D eigenvalue weighted by atomic mass is 10.1. The van der Waals surface area contributed by atoms with Gasteiger partial charge in [-0.15, -0.1) is 0 Å². The fourth-order valence-corrected chi connectivity index (χ4v) is 1.83. The predicted octanol–water partition coefficient (Wildman–Crippen LogP) is 0.817. The standard InChI is InChI=1S/C13H16N4O2/c1-3-14-12(18)8(2)16-13(19)10-6-4-5-9-7-15-17-11(9)10/h4-8H,3H2,1-2H3,(H,14,18)(H,15,17)(H,16,19)/t8-/m0/s1. The quantitative estimate of drug-likeness (QED) is 0.760. The molecule has 1 aromatic heterocycles. The van der Waals surface area contributed by atoms with Gasteiger partial charge >= 0.3 is 0 Å². The highest BCUT2D eigenvalue weighted by Gasteiger charge is 2.17. The van der Waals surface area contributed by atoms with Crippen LogP contribution in [-0.2, 0) is 4.79 Å². The fraction of sp³-hybridized carbons (Fsp3) is 0.308. The first kappa shape index (κ1) is 13.1. The molecule has 0 radical (unpaired) electrons. The highest BCUT2D eigenvalue weighted by Crippen LogP contribution is 2.15. The summed E-state index contributed by atoms with van der Waals surface area (Å²) in [5.41, 5.74) is 1.15. The lowest BCUT2D eigenvalue weighted by Crippen LogP contribution is -2.44. The minimum Gasteiger partial charge on any atom is -0.355 e. The summed E-state index contributed by atoms with van der Waals surface area (Å²) in [4.78, 5) is 23.7. The topological polar surface area (TPSA) is 86.9 Å². The molecule has 100 valence electrons. The van der Waals surface area contributed by atoms with Crippen LogP contribution in [0, 0.1) is 0 Å².